The maximum Gasteiger partial charge on any atom is 0.326 e. The summed E-state index contributed by atoms with van der Waals surface area (Å²) in [5, 5.41) is 11.7. The summed E-state index contributed by atoms with van der Waals surface area (Å²) in [4.78, 5) is 36.7. The number of amides is 2. The molecular formula is C18H22N2O5. The van der Waals surface area contributed by atoms with Crippen LogP contribution in [0, 0.1) is 5.92 Å². The zero-order valence-corrected chi connectivity index (χ0v) is 13.9. The minimum absolute atomic E-state index is 0.0827. The first kappa shape index (κ1) is 17.3. The number of nitrogens with one attached hydrogen (secondary N) is 1. The van der Waals surface area contributed by atoms with Crippen molar-refractivity contribution >= 4 is 23.5 Å². The molecule has 1 saturated carbocycles. The highest BCUT2D eigenvalue weighted by Crippen LogP contribution is 2.33. The molecule has 0 radical (unpaired) electrons. The molecule has 2 fully saturated rings. The molecule has 1 aromatic rings. The molecule has 3 rings (SSSR count). The second-order valence-electron chi connectivity index (χ2n) is 6.57. The van der Waals surface area contributed by atoms with E-state index in [0.717, 1.165) is 24.9 Å². The number of hydrogen-bond acceptors (Lipinski definition) is 4. The minimum Gasteiger partial charge on any atom is -0.484 e. The van der Waals surface area contributed by atoms with Gasteiger partial charge in [-0.2, -0.15) is 0 Å². The minimum atomic E-state index is -1.02. The van der Waals surface area contributed by atoms with E-state index in [1.54, 1.807) is 23.1 Å². The van der Waals surface area contributed by atoms with E-state index in [-0.39, 0.29) is 12.5 Å². The second-order valence-corrected chi connectivity index (χ2v) is 6.57. The first-order valence-corrected chi connectivity index (χ1v) is 8.58. The van der Waals surface area contributed by atoms with E-state index in [9.17, 15) is 19.5 Å². The van der Waals surface area contributed by atoms with Gasteiger partial charge in [0.05, 0.1) is 0 Å². The summed E-state index contributed by atoms with van der Waals surface area (Å²) in [6, 6.07) is 6.15. The molecule has 0 bridgehead atoms. The van der Waals surface area contributed by atoms with Crippen LogP contribution in [0.5, 0.6) is 5.75 Å². The zero-order chi connectivity index (χ0) is 17.8. The van der Waals surface area contributed by atoms with Crippen molar-refractivity contribution in [3.8, 4) is 5.75 Å². The molecule has 2 amide bonds. The van der Waals surface area contributed by atoms with Gasteiger partial charge in [-0.15, -0.1) is 0 Å². The van der Waals surface area contributed by atoms with Crippen LogP contribution in [0.25, 0.3) is 0 Å². The number of benzene rings is 1. The molecule has 7 nitrogen and oxygen atoms in total. The fraction of sp³-hybridized carbons (Fsp3) is 0.500. The third kappa shape index (κ3) is 4.71. The van der Waals surface area contributed by atoms with E-state index in [0.29, 0.717) is 31.1 Å². The van der Waals surface area contributed by atoms with Crippen LogP contribution >= 0.6 is 0 Å². The molecule has 0 aromatic heterocycles. The Balaban J connectivity index is 1.53. The number of ether oxygens (including phenoxy) is 1. The lowest BCUT2D eigenvalue weighted by molar-refractivity contribution is -0.142. The molecule has 1 atom stereocenters. The first-order chi connectivity index (χ1) is 12.0. The SMILES string of the molecule is O=C(COc1cccc(N2CCCC2=O)c1)NC(CC1CC1)C(=O)O. The Hall–Kier alpha value is -2.57. The van der Waals surface area contributed by atoms with Crippen LogP contribution < -0.4 is 15.0 Å². The van der Waals surface area contributed by atoms with E-state index in [1.165, 1.54) is 0 Å². The molecule has 1 aliphatic carbocycles. The molecule has 1 saturated heterocycles. The number of hydrogen-bond donors (Lipinski definition) is 2. The van der Waals surface area contributed by atoms with Crippen molar-refractivity contribution in [1.29, 1.82) is 0 Å². The Bertz CT molecular complexity index is 671. The van der Waals surface area contributed by atoms with Gasteiger partial charge in [-0.3, -0.25) is 9.59 Å². The molecule has 7 heteroatoms. The van der Waals surface area contributed by atoms with Crippen molar-refractivity contribution in [2.45, 2.75) is 38.1 Å². The molecule has 0 spiro atoms. The van der Waals surface area contributed by atoms with Crippen LogP contribution in [0.3, 0.4) is 0 Å². The highest BCUT2D eigenvalue weighted by Gasteiger charge is 2.30. The Morgan fingerprint density at radius 2 is 2.16 bits per heavy atom. The number of carboxylic acid groups (broad SMARTS) is 1. The Labute approximate surface area is 146 Å². The van der Waals surface area contributed by atoms with E-state index in [1.807, 2.05) is 6.07 Å². The summed E-state index contributed by atoms with van der Waals surface area (Å²) in [5.41, 5.74) is 0.748. The Kier molecular flexibility index (Phi) is 5.21. The summed E-state index contributed by atoms with van der Waals surface area (Å²) in [5.74, 6) is -0.525. The van der Waals surface area contributed by atoms with E-state index < -0.39 is 17.9 Å². The van der Waals surface area contributed by atoms with Crippen LogP contribution in [0.15, 0.2) is 24.3 Å². The zero-order valence-electron chi connectivity index (χ0n) is 13.9. The number of anilines is 1. The van der Waals surface area contributed by atoms with Crippen molar-refractivity contribution in [2.75, 3.05) is 18.1 Å². The van der Waals surface area contributed by atoms with Gasteiger partial charge in [0.2, 0.25) is 5.91 Å². The number of carbonyl (C=O) groups is 3. The van der Waals surface area contributed by atoms with Gasteiger partial charge in [0, 0.05) is 24.7 Å². The molecular weight excluding hydrogens is 324 g/mol. The highest BCUT2D eigenvalue weighted by molar-refractivity contribution is 5.95. The molecule has 1 aliphatic heterocycles. The topological polar surface area (TPSA) is 95.9 Å². The van der Waals surface area contributed by atoms with E-state index in [4.69, 9.17) is 4.74 Å². The van der Waals surface area contributed by atoms with Gasteiger partial charge < -0.3 is 20.1 Å². The van der Waals surface area contributed by atoms with Crippen molar-refractivity contribution < 1.29 is 24.2 Å². The fourth-order valence-corrected chi connectivity index (χ4v) is 2.96. The van der Waals surface area contributed by atoms with Gasteiger partial charge in [-0.25, -0.2) is 4.79 Å². The largest absolute Gasteiger partial charge is 0.484 e. The van der Waals surface area contributed by atoms with Gasteiger partial charge in [0.25, 0.3) is 5.91 Å². The summed E-state index contributed by atoms with van der Waals surface area (Å²) < 4.78 is 5.46. The molecule has 134 valence electrons. The lowest BCUT2D eigenvalue weighted by Crippen LogP contribution is -2.43. The maximum absolute atomic E-state index is 12.0. The molecule has 2 aliphatic rings. The van der Waals surface area contributed by atoms with Crippen molar-refractivity contribution in [1.82, 2.24) is 5.32 Å². The number of carboxylic acids is 1. The highest BCUT2D eigenvalue weighted by atomic mass is 16.5. The summed E-state index contributed by atoms with van der Waals surface area (Å²) >= 11 is 0. The molecule has 25 heavy (non-hydrogen) atoms. The van der Waals surface area contributed by atoms with Gasteiger partial charge in [0.1, 0.15) is 11.8 Å². The summed E-state index contributed by atoms with van der Waals surface area (Å²) in [6.07, 6.45) is 3.90. The van der Waals surface area contributed by atoms with Crippen molar-refractivity contribution in [3.63, 3.8) is 0 Å². The van der Waals surface area contributed by atoms with Crippen molar-refractivity contribution in [3.05, 3.63) is 24.3 Å². The van der Waals surface area contributed by atoms with Gasteiger partial charge in [-0.05, 0) is 30.9 Å². The molecule has 2 N–H and O–H groups in total. The average molecular weight is 346 g/mol. The van der Waals surface area contributed by atoms with Crippen LogP contribution in [-0.2, 0) is 14.4 Å². The third-order valence-electron chi connectivity index (χ3n) is 4.47. The monoisotopic (exact) mass is 346 g/mol. The van der Waals surface area contributed by atoms with E-state index >= 15 is 0 Å². The van der Waals surface area contributed by atoms with Crippen LogP contribution in [0.4, 0.5) is 5.69 Å². The normalized spacial score (nSPS) is 18.1. The predicted octanol–water partition coefficient (Wildman–Crippen LogP) is 1.56. The molecule has 1 aromatic carbocycles. The van der Waals surface area contributed by atoms with Crippen LogP contribution in [-0.4, -0.2) is 42.1 Å². The predicted molar refractivity (Wildman–Crippen MR) is 90.4 cm³/mol. The lowest BCUT2D eigenvalue weighted by Gasteiger charge is -2.17. The van der Waals surface area contributed by atoms with Crippen LogP contribution in [0.1, 0.15) is 32.1 Å². The van der Waals surface area contributed by atoms with Gasteiger partial charge >= 0.3 is 5.97 Å². The van der Waals surface area contributed by atoms with Crippen molar-refractivity contribution in [2.24, 2.45) is 5.92 Å². The number of aliphatic carboxylic acids is 1. The Morgan fingerprint density at radius 1 is 1.36 bits per heavy atom. The lowest BCUT2D eigenvalue weighted by atomic mass is 10.1. The van der Waals surface area contributed by atoms with E-state index in [2.05, 4.69) is 5.32 Å². The fourth-order valence-electron chi connectivity index (χ4n) is 2.96. The number of carbonyl (C=O) groups excluding carboxylic acids is 2. The van der Waals surface area contributed by atoms with Crippen LogP contribution in [0.2, 0.25) is 0 Å². The quantitative estimate of drug-likeness (QED) is 0.745. The summed E-state index contributed by atoms with van der Waals surface area (Å²) in [7, 11) is 0. The third-order valence-corrected chi connectivity index (χ3v) is 4.47. The Morgan fingerprint density at radius 3 is 2.80 bits per heavy atom. The molecule has 1 heterocycles. The summed E-state index contributed by atoms with van der Waals surface area (Å²) in [6.45, 7) is 0.427. The van der Waals surface area contributed by atoms with Gasteiger partial charge in [0.15, 0.2) is 6.61 Å². The number of nitrogens with zero attached hydrogens (tertiary/aromatic N) is 1. The number of rotatable bonds is 8. The average Bonchev–Trinajstić information content (AvgIpc) is 3.31. The first-order valence-electron chi connectivity index (χ1n) is 8.58. The standard InChI is InChI=1S/C18H22N2O5/c21-16(19-15(18(23)24)9-12-6-7-12)11-25-14-4-1-3-13(10-14)20-8-2-5-17(20)22/h1,3-4,10,12,15H,2,5-9,11H2,(H,19,21)(H,23,24). The maximum atomic E-state index is 12.0. The van der Waals surface area contributed by atoms with Gasteiger partial charge in [-0.1, -0.05) is 18.9 Å². The smallest absolute Gasteiger partial charge is 0.326 e. The second kappa shape index (κ2) is 7.55. The molecule has 1 unspecified atom stereocenters.